The number of aliphatic hydroxyl groups excluding tert-OH is 4. The first-order chi connectivity index (χ1) is 9.90. The molecule has 5 atom stereocenters. The van der Waals surface area contributed by atoms with Gasteiger partial charge in [-0.15, -0.1) is 0 Å². The van der Waals surface area contributed by atoms with E-state index in [1.54, 1.807) is 0 Å². The maximum atomic E-state index is 11.8. The highest BCUT2D eigenvalue weighted by atomic mass is 127. The van der Waals surface area contributed by atoms with Crippen molar-refractivity contribution in [1.82, 2.24) is 9.55 Å². The van der Waals surface area contributed by atoms with Crippen molar-refractivity contribution in [1.29, 1.82) is 0 Å². The molecular weight excluding hydrogens is 399 g/mol. The molecule has 118 valence electrons. The lowest BCUT2D eigenvalue weighted by atomic mass is 10.1. The van der Waals surface area contributed by atoms with Crippen LogP contribution >= 0.6 is 22.6 Å². The summed E-state index contributed by atoms with van der Waals surface area (Å²) < 4.78 is 6.33. The summed E-state index contributed by atoms with van der Waals surface area (Å²) in [7, 11) is 0. The largest absolute Gasteiger partial charge is 0.394 e. The molecule has 10 heteroatoms. The van der Waals surface area contributed by atoms with Gasteiger partial charge in [-0.3, -0.25) is 14.3 Å². The highest BCUT2D eigenvalue weighted by Gasteiger charge is 2.43. The molecule has 5 N–H and O–H groups in total. The second-order valence-electron chi connectivity index (χ2n) is 4.65. The average Bonchev–Trinajstić information content (AvgIpc) is 2.74. The monoisotopic (exact) mass is 414 g/mol. The summed E-state index contributed by atoms with van der Waals surface area (Å²) >= 11 is 1.88. The lowest BCUT2D eigenvalue weighted by molar-refractivity contribution is -0.0553. The second kappa shape index (κ2) is 6.54. The lowest BCUT2D eigenvalue weighted by Gasteiger charge is -2.18. The van der Waals surface area contributed by atoms with Crippen molar-refractivity contribution in [2.45, 2.75) is 30.6 Å². The Kier molecular flexibility index (Phi) is 5.16. The summed E-state index contributed by atoms with van der Waals surface area (Å²) in [6.07, 6.45) is -5.11. The van der Waals surface area contributed by atoms with Gasteiger partial charge in [-0.2, -0.15) is 0 Å². The molecule has 1 aromatic rings. The van der Waals surface area contributed by atoms with Crippen LogP contribution in [0.15, 0.2) is 15.8 Å². The van der Waals surface area contributed by atoms with Gasteiger partial charge in [0.05, 0.1) is 18.3 Å². The van der Waals surface area contributed by atoms with Crippen LogP contribution in [0.4, 0.5) is 0 Å². The number of aromatic nitrogens is 2. The van der Waals surface area contributed by atoms with Gasteiger partial charge in [0.15, 0.2) is 6.23 Å². The third-order valence-electron chi connectivity index (χ3n) is 3.29. The van der Waals surface area contributed by atoms with Gasteiger partial charge >= 0.3 is 5.69 Å². The van der Waals surface area contributed by atoms with E-state index in [0.29, 0.717) is 0 Å². The normalized spacial score (nSPS) is 30.5. The van der Waals surface area contributed by atoms with Crippen LogP contribution in [0.2, 0.25) is 0 Å². The van der Waals surface area contributed by atoms with Gasteiger partial charge in [0, 0.05) is 10.6 Å². The predicted octanol–water partition coefficient (Wildman–Crippen LogP) is -2.38. The Morgan fingerprint density at radius 1 is 1.38 bits per heavy atom. The van der Waals surface area contributed by atoms with Crippen molar-refractivity contribution >= 4 is 22.6 Å². The smallest absolute Gasteiger partial charge is 0.330 e. The fraction of sp³-hybridized carbons (Fsp3) is 0.636. The van der Waals surface area contributed by atoms with Gasteiger partial charge in [-0.05, 0) is 0 Å². The molecule has 1 saturated heterocycles. The number of aromatic amines is 1. The Morgan fingerprint density at radius 2 is 2.05 bits per heavy atom. The molecule has 1 unspecified atom stereocenters. The second-order valence-corrected chi connectivity index (χ2v) is 5.53. The molecule has 0 aromatic carbocycles. The van der Waals surface area contributed by atoms with Crippen LogP contribution in [0.5, 0.6) is 0 Å². The summed E-state index contributed by atoms with van der Waals surface area (Å²) in [6.45, 7) is -0.532. The molecule has 0 spiro atoms. The minimum absolute atomic E-state index is 0.0539. The Hall–Kier alpha value is -0.790. The number of aliphatic hydroxyl groups is 4. The van der Waals surface area contributed by atoms with Crippen LogP contribution in [0, 0.1) is 0 Å². The van der Waals surface area contributed by atoms with Crippen LogP contribution in [-0.4, -0.2) is 59.3 Å². The van der Waals surface area contributed by atoms with E-state index in [4.69, 9.17) is 9.84 Å². The molecule has 2 rings (SSSR count). The Labute approximate surface area is 132 Å². The summed E-state index contributed by atoms with van der Waals surface area (Å²) in [5.41, 5.74) is -1.63. The van der Waals surface area contributed by atoms with E-state index < -0.39 is 48.5 Å². The highest BCUT2D eigenvalue weighted by molar-refractivity contribution is 14.1. The number of halogens is 1. The standard InChI is InChI=1S/C11H15IN2O7/c12-1-5(16)4-2-14(11(20)13-9(4)19)10-8(18)7(17)6(3-15)21-10/h2,5-8,10,15-18H,1,3H2,(H,13,19,20)/t5?,6-,7-,8-,10-/m1/s1. The zero-order chi connectivity index (χ0) is 15.7. The van der Waals surface area contributed by atoms with E-state index in [9.17, 15) is 24.9 Å². The van der Waals surface area contributed by atoms with Crippen molar-refractivity contribution in [3.05, 3.63) is 32.6 Å². The first kappa shape index (κ1) is 16.6. The van der Waals surface area contributed by atoms with Crippen LogP contribution in [-0.2, 0) is 4.74 Å². The molecule has 1 aromatic heterocycles. The molecule has 1 aliphatic heterocycles. The Balaban J connectivity index is 2.45. The van der Waals surface area contributed by atoms with Crippen molar-refractivity contribution in [2.75, 3.05) is 11.0 Å². The summed E-state index contributed by atoms with van der Waals surface area (Å²) in [4.78, 5) is 25.5. The van der Waals surface area contributed by atoms with Crippen LogP contribution in [0.3, 0.4) is 0 Å². The van der Waals surface area contributed by atoms with Gasteiger partial charge in [0.25, 0.3) is 5.56 Å². The fourth-order valence-electron chi connectivity index (χ4n) is 2.12. The molecule has 0 bridgehead atoms. The topological polar surface area (TPSA) is 145 Å². The zero-order valence-corrected chi connectivity index (χ0v) is 12.9. The fourth-order valence-corrected chi connectivity index (χ4v) is 2.59. The van der Waals surface area contributed by atoms with Gasteiger partial charge in [0.2, 0.25) is 0 Å². The van der Waals surface area contributed by atoms with Crippen molar-refractivity contribution in [3.8, 4) is 0 Å². The Bertz CT molecular complexity index is 615. The maximum absolute atomic E-state index is 11.8. The first-order valence-electron chi connectivity index (χ1n) is 6.12. The number of H-pyrrole nitrogens is 1. The summed E-state index contributed by atoms with van der Waals surface area (Å²) in [6, 6.07) is 0. The Morgan fingerprint density at radius 3 is 2.57 bits per heavy atom. The number of nitrogens with zero attached hydrogens (tertiary/aromatic N) is 1. The predicted molar refractivity (Wildman–Crippen MR) is 78.2 cm³/mol. The minimum Gasteiger partial charge on any atom is -0.394 e. The van der Waals surface area contributed by atoms with E-state index in [0.717, 1.165) is 10.8 Å². The van der Waals surface area contributed by atoms with Crippen molar-refractivity contribution in [3.63, 3.8) is 0 Å². The van der Waals surface area contributed by atoms with E-state index >= 15 is 0 Å². The first-order valence-corrected chi connectivity index (χ1v) is 7.65. The molecular formula is C11H15IN2O7. The number of nitrogens with one attached hydrogen (secondary N) is 1. The number of hydrogen-bond donors (Lipinski definition) is 5. The number of alkyl halides is 1. The quantitative estimate of drug-likeness (QED) is 0.273. The average molecular weight is 414 g/mol. The van der Waals surface area contributed by atoms with E-state index in [1.807, 2.05) is 27.6 Å². The zero-order valence-electron chi connectivity index (χ0n) is 10.7. The molecule has 1 fully saturated rings. The van der Waals surface area contributed by atoms with Crippen LogP contribution in [0.1, 0.15) is 17.9 Å². The van der Waals surface area contributed by atoms with Crippen molar-refractivity contribution < 1.29 is 25.2 Å². The molecule has 21 heavy (non-hydrogen) atoms. The van der Waals surface area contributed by atoms with Gasteiger partial charge in [0.1, 0.15) is 18.3 Å². The minimum atomic E-state index is -1.45. The molecule has 2 heterocycles. The summed E-state index contributed by atoms with van der Waals surface area (Å²) in [5, 5.41) is 38.4. The SMILES string of the molecule is O=c1[nH]c(=O)n([C@@H]2O[C@H](CO)[C@@H](O)[C@H]2O)cc1C(O)CI. The van der Waals surface area contributed by atoms with E-state index in [-0.39, 0.29) is 9.99 Å². The third kappa shape index (κ3) is 3.05. The molecule has 0 aliphatic carbocycles. The summed E-state index contributed by atoms with van der Waals surface area (Å²) in [5.74, 6) is 0. The third-order valence-corrected chi connectivity index (χ3v) is 4.13. The number of ether oxygens (including phenoxy) is 1. The van der Waals surface area contributed by atoms with E-state index in [2.05, 4.69) is 0 Å². The lowest BCUT2D eigenvalue weighted by Crippen LogP contribution is -2.39. The molecule has 0 radical (unpaired) electrons. The molecule has 9 nitrogen and oxygen atoms in total. The molecule has 0 amide bonds. The van der Waals surface area contributed by atoms with Gasteiger partial charge in [-0.25, -0.2) is 4.79 Å². The highest BCUT2D eigenvalue weighted by Crippen LogP contribution is 2.28. The number of rotatable bonds is 4. The maximum Gasteiger partial charge on any atom is 0.330 e. The van der Waals surface area contributed by atoms with Crippen LogP contribution in [0.25, 0.3) is 0 Å². The molecule has 0 saturated carbocycles. The molecule has 1 aliphatic rings. The van der Waals surface area contributed by atoms with Gasteiger partial charge < -0.3 is 25.2 Å². The number of hydrogen-bond acceptors (Lipinski definition) is 7. The van der Waals surface area contributed by atoms with Gasteiger partial charge in [-0.1, -0.05) is 22.6 Å². The van der Waals surface area contributed by atoms with E-state index in [1.165, 1.54) is 0 Å². The van der Waals surface area contributed by atoms with Crippen LogP contribution < -0.4 is 11.2 Å². The van der Waals surface area contributed by atoms with Crippen molar-refractivity contribution in [2.24, 2.45) is 0 Å².